The average Bonchev–Trinajstić information content (AvgIpc) is 3.41. The third-order valence-corrected chi connectivity index (χ3v) is 5.67. The first-order valence-corrected chi connectivity index (χ1v) is 10.3. The van der Waals surface area contributed by atoms with Crippen LogP contribution >= 0.6 is 12.2 Å². The van der Waals surface area contributed by atoms with Gasteiger partial charge in [0, 0.05) is 30.7 Å². The summed E-state index contributed by atoms with van der Waals surface area (Å²) in [5.74, 6) is 1.15. The van der Waals surface area contributed by atoms with Gasteiger partial charge in [-0.1, -0.05) is 12.1 Å². The second kappa shape index (κ2) is 8.28. The Morgan fingerprint density at radius 1 is 1.00 bits per heavy atom. The molecule has 4 aromatic rings. The lowest BCUT2D eigenvalue weighted by molar-refractivity contribution is 0.269. The molecule has 1 aliphatic rings. The van der Waals surface area contributed by atoms with E-state index in [9.17, 15) is 4.39 Å². The van der Waals surface area contributed by atoms with Crippen LogP contribution in [-0.4, -0.2) is 20.0 Å². The summed E-state index contributed by atoms with van der Waals surface area (Å²) in [6, 6.07) is 19.5. The summed E-state index contributed by atoms with van der Waals surface area (Å²) >= 11 is 5.69. The van der Waals surface area contributed by atoms with E-state index in [1.165, 1.54) is 12.1 Å². The van der Waals surface area contributed by atoms with Gasteiger partial charge in [-0.05, 0) is 72.4 Å². The molecule has 3 aromatic heterocycles. The molecule has 1 aliphatic heterocycles. The van der Waals surface area contributed by atoms with Gasteiger partial charge < -0.3 is 14.6 Å². The maximum atomic E-state index is 13.3. The van der Waals surface area contributed by atoms with E-state index in [1.54, 1.807) is 24.5 Å². The van der Waals surface area contributed by atoms with Gasteiger partial charge in [0.05, 0.1) is 11.7 Å². The van der Waals surface area contributed by atoms with E-state index in [0.717, 1.165) is 22.6 Å². The molecule has 0 amide bonds. The second-order valence-corrected chi connectivity index (χ2v) is 7.71. The molecule has 0 bridgehead atoms. The molecule has 0 spiro atoms. The summed E-state index contributed by atoms with van der Waals surface area (Å²) in [6.45, 7) is 0.584. The third kappa shape index (κ3) is 3.92. The fraction of sp³-hybridized carbons (Fsp3) is 0.125. The number of halogens is 1. The number of pyridine rings is 2. The van der Waals surface area contributed by atoms with Crippen molar-refractivity contribution in [3.63, 3.8) is 0 Å². The van der Waals surface area contributed by atoms with Crippen molar-refractivity contribution < 1.29 is 8.81 Å². The highest BCUT2D eigenvalue weighted by molar-refractivity contribution is 7.80. The Bertz CT molecular complexity index is 1180. The van der Waals surface area contributed by atoms with Gasteiger partial charge in [0.15, 0.2) is 5.11 Å². The minimum atomic E-state index is -0.279. The molecule has 2 atom stereocenters. The van der Waals surface area contributed by atoms with Crippen LogP contribution in [0.4, 0.5) is 4.39 Å². The number of aromatic nitrogens is 2. The van der Waals surface area contributed by atoms with Gasteiger partial charge in [-0.25, -0.2) is 4.39 Å². The van der Waals surface area contributed by atoms with Gasteiger partial charge in [0.1, 0.15) is 23.4 Å². The molecule has 1 saturated heterocycles. The minimum Gasteiger partial charge on any atom is -0.459 e. The van der Waals surface area contributed by atoms with Crippen LogP contribution in [0.15, 0.2) is 89.7 Å². The second-order valence-electron chi connectivity index (χ2n) is 7.32. The molecule has 0 aliphatic carbocycles. The molecular formula is C24H19FN4OS. The largest absolute Gasteiger partial charge is 0.459 e. The maximum Gasteiger partial charge on any atom is 0.170 e. The molecule has 0 radical (unpaired) electrons. The standard InChI is InChI=1S/C24H19FN4OS/c25-18-8-6-17(7-9-18)20-10-11-21(30-20)23-22(19-5-1-2-13-27-19)28-24(31)29(23)15-16-4-3-12-26-14-16/h1-14,22-23H,15H2,(H,28,31)/t22-,23+/m0/s1. The van der Waals surface area contributed by atoms with Gasteiger partial charge in [0.2, 0.25) is 0 Å². The lowest BCUT2D eigenvalue weighted by Gasteiger charge is -2.26. The molecule has 0 unspecified atom stereocenters. The zero-order valence-corrected chi connectivity index (χ0v) is 17.3. The summed E-state index contributed by atoms with van der Waals surface area (Å²) in [7, 11) is 0. The first kappa shape index (κ1) is 19.4. The fourth-order valence-electron chi connectivity index (χ4n) is 3.85. The topological polar surface area (TPSA) is 54.2 Å². The number of nitrogens with one attached hydrogen (secondary N) is 1. The number of hydrogen-bond donors (Lipinski definition) is 1. The van der Waals surface area contributed by atoms with Gasteiger partial charge >= 0.3 is 0 Å². The summed E-state index contributed by atoms with van der Waals surface area (Å²) in [5.41, 5.74) is 2.74. The Hall–Kier alpha value is -3.58. The Morgan fingerprint density at radius 3 is 2.61 bits per heavy atom. The molecule has 4 heterocycles. The number of hydrogen-bond acceptors (Lipinski definition) is 4. The quantitative estimate of drug-likeness (QED) is 0.447. The highest BCUT2D eigenvalue weighted by Gasteiger charge is 2.41. The molecule has 0 saturated carbocycles. The van der Waals surface area contributed by atoms with E-state index in [2.05, 4.69) is 20.2 Å². The molecule has 31 heavy (non-hydrogen) atoms. The molecule has 1 N–H and O–H groups in total. The van der Waals surface area contributed by atoms with E-state index in [4.69, 9.17) is 16.6 Å². The first-order valence-electron chi connectivity index (χ1n) is 9.92. The van der Waals surface area contributed by atoms with Crippen molar-refractivity contribution in [2.75, 3.05) is 0 Å². The molecule has 1 fully saturated rings. The third-order valence-electron chi connectivity index (χ3n) is 5.32. The lowest BCUT2D eigenvalue weighted by Crippen LogP contribution is -2.29. The van der Waals surface area contributed by atoms with Gasteiger partial charge in [0.25, 0.3) is 0 Å². The SMILES string of the molecule is Fc1ccc(-c2ccc([C@@H]3[C@H](c4ccccn4)NC(=S)N3Cc3cccnc3)o2)cc1. The van der Waals surface area contributed by atoms with Crippen molar-refractivity contribution in [3.05, 3.63) is 108 Å². The Labute approximate surface area is 184 Å². The van der Waals surface area contributed by atoms with E-state index in [0.29, 0.717) is 17.4 Å². The highest BCUT2D eigenvalue weighted by Crippen LogP contribution is 2.41. The van der Waals surface area contributed by atoms with Crippen LogP contribution in [0.5, 0.6) is 0 Å². The van der Waals surface area contributed by atoms with Crippen LogP contribution in [0, 0.1) is 5.82 Å². The predicted octanol–water partition coefficient (Wildman–Crippen LogP) is 5.05. The molecule has 5 nitrogen and oxygen atoms in total. The summed E-state index contributed by atoms with van der Waals surface area (Å²) in [4.78, 5) is 10.9. The zero-order chi connectivity index (χ0) is 21.2. The van der Waals surface area contributed by atoms with E-state index >= 15 is 0 Å². The van der Waals surface area contributed by atoms with Crippen LogP contribution in [0.3, 0.4) is 0 Å². The fourth-order valence-corrected chi connectivity index (χ4v) is 4.16. The monoisotopic (exact) mass is 430 g/mol. The Morgan fingerprint density at radius 2 is 1.87 bits per heavy atom. The van der Waals surface area contributed by atoms with Gasteiger partial charge in [-0.3, -0.25) is 9.97 Å². The predicted molar refractivity (Wildman–Crippen MR) is 119 cm³/mol. The van der Waals surface area contributed by atoms with E-state index in [-0.39, 0.29) is 17.9 Å². The number of thiocarbonyl (C=S) groups is 1. The highest BCUT2D eigenvalue weighted by atomic mass is 32.1. The molecule has 1 aromatic carbocycles. The van der Waals surface area contributed by atoms with E-state index in [1.807, 2.05) is 48.7 Å². The number of benzene rings is 1. The first-order chi connectivity index (χ1) is 15.2. The zero-order valence-electron chi connectivity index (χ0n) is 16.5. The maximum absolute atomic E-state index is 13.3. The summed E-state index contributed by atoms with van der Waals surface area (Å²) in [6.07, 6.45) is 5.35. The van der Waals surface area contributed by atoms with Crippen molar-refractivity contribution in [1.82, 2.24) is 20.2 Å². The smallest absolute Gasteiger partial charge is 0.170 e. The van der Waals surface area contributed by atoms with Gasteiger partial charge in [-0.15, -0.1) is 0 Å². The van der Waals surface area contributed by atoms with Crippen LogP contribution in [-0.2, 0) is 6.54 Å². The van der Waals surface area contributed by atoms with Crippen molar-refractivity contribution in [3.8, 4) is 11.3 Å². The van der Waals surface area contributed by atoms with E-state index < -0.39 is 0 Å². The minimum absolute atomic E-state index is 0.169. The summed E-state index contributed by atoms with van der Waals surface area (Å²) < 4.78 is 19.6. The Kier molecular flexibility index (Phi) is 5.18. The van der Waals surface area contributed by atoms with Crippen molar-refractivity contribution in [2.24, 2.45) is 0 Å². The summed E-state index contributed by atoms with van der Waals surface area (Å²) in [5, 5.41) is 4.04. The molecular weight excluding hydrogens is 411 g/mol. The number of nitrogens with zero attached hydrogens (tertiary/aromatic N) is 3. The number of rotatable bonds is 5. The van der Waals surface area contributed by atoms with Crippen LogP contribution < -0.4 is 5.32 Å². The van der Waals surface area contributed by atoms with Crippen LogP contribution in [0.25, 0.3) is 11.3 Å². The molecule has 5 rings (SSSR count). The van der Waals surface area contributed by atoms with Crippen LogP contribution in [0.2, 0.25) is 0 Å². The van der Waals surface area contributed by atoms with Gasteiger partial charge in [-0.2, -0.15) is 0 Å². The normalized spacial score (nSPS) is 18.2. The van der Waals surface area contributed by atoms with Crippen LogP contribution in [0.1, 0.15) is 29.1 Å². The van der Waals surface area contributed by atoms with Crippen molar-refractivity contribution in [2.45, 2.75) is 18.6 Å². The Balaban J connectivity index is 1.53. The van der Waals surface area contributed by atoms with Crippen molar-refractivity contribution in [1.29, 1.82) is 0 Å². The lowest BCUT2D eigenvalue weighted by atomic mass is 10.0. The molecule has 154 valence electrons. The van der Waals surface area contributed by atoms with Crippen molar-refractivity contribution >= 4 is 17.3 Å². The molecule has 7 heteroatoms. The number of furan rings is 1. The average molecular weight is 431 g/mol.